The second-order valence-corrected chi connectivity index (χ2v) is 11.1. The number of hydrogen-bond donors (Lipinski definition) is 2. The zero-order chi connectivity index (χ0) is 32.0. The molecule has 2 aromatic heterocycles. The molecule has 2 N–H and O–H groups in total. The number of aromatic nitrogens is 3. The second-order valence-electron chi connectivity index (χ2n) is 10.7. The van der Waals surface area contributed by atoms with Crippen molar-refractivity contribution in [3.05, 3.63) is 99.4 Å². The molecule has 46 heavy (non-hydrogen) atoms. The van der Waals surface area contributed by atoms with E-state index in [1.54, 1.807) is 55.8 Å². The van der Waals surface area contributed by atoms with Gasteiger partial charge in [0.15, 0.2) is 27.8 Å². The Balaban J connectivity index is 1.20. The Kier molecular flexibility index (Phi) is 9.36. The van der Waals surface area contributed by atoms with Gasteiger partial charge in [-0.2, -0.15) is 0 Å². The van der Waals surface area contributed by atoms with E-state index in [1.165, 1.54) is 35.6 Å². The Labute approximate surface area is 269 Å². The molecule has 5 aromatic rings. The van der Waals surface area contributed by atoms with E-state index < -0.39 is 11.4 Å². The van der Waals surface area contributed by atoms with Crippen molar-refractivity contribution in [3.8, 4) is 34.6 Å². The van der Waals surface area contributed by atoms with Crippen LogP contribution in [0.25, 0.3) is 16.6 Å². The summed E-state index contributed by atoms with van der Waals surface area (Å²) in [4.78, 5) is 26.2. The van der Waals surface area contributed by atoms with Gasteiger partial charge in [-0.05, 0) is 81.0 Å². The van der Waals surface area contributed by atoms with E-state index in [0.29, 0.717) is 40.4 Å². The quantitative estimate of drug-likeness (QED) is 0.0930. The molecule has 0 atom stereocenters. The molecule has 0 bridgehead atoms. The molecule has 1 aliphatic heterocycles. The van der Waals surface area contributed by atoms with Crippen molar-refractivity contribution in [3.63, 3.8) is 0 Å². The monoisotopic (exact) mass is 641 g/mol. The number of methoxy groups -OCH3 is 1. The third-order valence-corrected chi connectivity index (χ3v) is 7.96. The maximum Gasteiger partial charge on any atom is 0.264 e. The zero-order valence-electron chi connectivity index (χ0n) is 25.1. The number of benzene rings is 3. The first kappa shape index (κ1) is 30.9. The predicted molar refractivity (Wildman–Crippen MR) is 177 cm³/mol. The summed E-state index contributed by atoms with van der Waals surface area (Å²) in [6.45, 7) is 3.84. The molecule has 6 rings (SSSR count). The summed E-state index contributed by atoms with van der Waals surface area (Å²) < 4.78 is 34.2. The highest BCUT2D eigenvalue weighted by Crippen LogP contribution is 2.38. The van der Waals surface area contributed by atoms with Crippen LogP contribution in [0.3, 0.4) is 0 Å². The summed E-state index contributed by atoms with van der Waals surface area (Å²) in [7, 11) is 1.56. The highest BCUT2D eigenvalue weighted by Gasteiger charge is 2.16. The number of pyridine rings is 1. The Hall–Kier alpha value is -5.07. The van der Waals surface area contributed by atoms with Gasteiger partial charge in [-0.25, -0.2) is 4.39 Å². The summed E-state index contributed by atoms with van der Waals surface area (Å²) in [5.74, 6) is 0.377. The van der Waals surface area contributed by atoms with E-state index in [-0.39, 0.29) is 27.7 Å². The number of nitrogens with zero attached hydrogens (tertiary/aromatic N) is 4. The molecule has 0 unspecified atom stereocenters. The molecular weight excluding hydrogens is 609 g/mol. The van der Waals surface area contributed by atoms with Gasteiger partial charge in [0.05, 0.1) is 30.6 Å². The molecule has 0 radical (unpaired) electrons. The first-order chi connectivity index (χ1) is 22.4. The van der Waals surface area contributed by atoms with Crippen LogP contribution in [0.2, 0.25) is 0 Å². The number of ether oxygens (including phenoxy) is 3. The molecule has 1 saturated heterocycles. The molecule has 1 aliphatic rings. The summed E-state index contributed by atoms with van der Waals surface area (Å²) in [6, 6.07) is 18.2. The summed E-state index contributed by atoms with van der Waals surface area (Å²) >= 11 is 5.24. The Morgan fingerprint density at radius 1 is 1.04 bits per heavy atom. The largest absolute Gasteiger partial charge is 0.494 e. The van der Waals surface area contributed by atoms with Gasteiger partial charge in [0, 0.05) is 36.5 Å². The van der Waals surface area contributed by atoms with Crippen molar-refractivity contribution in [2.24, 2.45) is 4.99 Å². The maximum atomic E-state index is 15.3. The van der Waals surface area contributed by atoms with E-state index in [1.807, 2.05) is 6.07 Å². The molecule has 0 spiro atoms. The fraction of sp³-hybridized carbons (Fsp3) is 0.235. The Morgan fingerprint density at radius 3 is 2.61 bits per heavy atom. The van der Waals surface area contributed by atoms with Crippen LogP contribution in [0.15, 0.2) is 82.7 Å². The lowest BCUT2D eigenvalue weighted by molar-refractivity contribution is 0.254. The zero-order valence-corrected chi connectivity index (χ0v) is 25.9. The van der Waals surface area contributed by atoms with Gasteiger partial charge in [0.1, 0.15) is 11.3 Å². The van der Waals surface area contributed by atoms with E-state index in [0.717, 1.165) is 32.3 Å². The van der Waals surface area contributed by atoms with Gasteiger partial charge >= 0.3 is 0 Å². The van der Waals surface area contributed by atoms with Crippen molar-refractivity contribution in [2.75, 3.05) is 33.4 Å². The number of aliphatic imine (C=N–C) groups is 1. The van der Waals surface area contributed by atoms with Gasteiger partial charge in [0.2, 0.25) is 5.88 Å². The number of para-hydroxylation sites is 1. The molecule has 0 amide bonds. The van der Waals surface area contributed by atoms with Gasteiger partial charge in [-0.1, -0.05) is 18.2 Å². The molecule has 236 valence electrons. The number of fused-ring (bicyclic) bond motifs is 1. The highest BCUT2D eigenvalue weighted by atomic mass is 32.1. The van der Waals surface area contributed by atoms with Crippen LogP contribution in [0.5, 0.6) is 28.9 Å². The lowest BCUT2D eigenvalue weighted by Gasteiger charge is -2.16. The van der Waals surface area contributed by atoms with Crippen molar-refractivity contribution < 1.29 is 23.7 Å². The number of halogens is 1. The molecule has 1 fully saturated rings. The van der Waals surface area contributed by atoms with Gasteiger partial charge in [-0.15, -0.1) is 0 Å². The minimum atomic E-state index is -0.678. The van der Waals surface area contributed by atoms with E-state index in [4.69, 9.17) is 26.4 Å². The normalized spacial score (nSPS) is 13.4. The average molecular weight is 642 g/mol. The molecule has 0 saturated carbocycles. The predicted octanol–water partition coefficient (Wildman–Crippen LogP) is 6.70. The number of rotatable bonds is 11. The van der Waals surface area contributed by atoms with Crippen LogP contribution in [0.1, 0.15) is 24.8 Å². The highest BCUT2D eigenvalue weighted by molar-refractivity contribution is 7.71. The second kappa shape index (κ2) is 13.9. The van der Waals surface area contributed by atoms with E-state index in [9.17, 15) is 9.90 Å². The minimum absolute atomic E-state index is 0.0244. The number of aromatic amines is 1. The number of hydrogen-bond acceptors (Lipinski definition) is 9. The first-order valence-electron chi connectivity index (χ1n) is 14.9. The maximum absolute atomic E-state index is 15.3. The number of H-pyrrole nitrogens is 1. The van der Waals surface area contributed by atoms with Crippen LogP contribution < -0.4 is 19.8 Å². The van der Waals surface area contributed by atoms with Gasteiger partial charge in [0.25, 0.3) is 5.56 Å². The summed E-state index contributed by atoms with van der Waals surface area (Å²) in [6.07, 6.45) is 6.16. The molecule has 12 heteroatoms. The van der Waals surface area contributed by atoms with Gasteiger partial charge < -0.3 is 24.2 Å². The SMILES string of the molecule is COc1cc2c(Oc3ccc(N=Cc4c(O)n(-c5ccccc5)c(=S)[nH]c4=O)cc3F)ccnc2cc1OCCCN1CCCC1. The van der Waals surface area contributed by atoms with Crippen LogP contribution in [0, 0.1) is 10.6 Å². The Bertz CT molecular complexity index is 2010. The molecule has 10 nitrogen and oxygen atoms in total. The van der Waals surface area contributed by atoms with Crippen molar-refractivity contribution >= 4 is 35.0 Å². The van der Waals surface area contributed by atoms with E-state index in [2.05, 4.69) is 19.9 Å². The fourth-order valence-corrected chi connectivity index (χ4v) is 5.63. The number of aromatic hydroxyl groups is 1. The third-order valence-electron chi connectivity index (χ3n) is 7.68. The summed E-state index contributed by atoms with van der Waals surface area (Å²) in [5, 5.41) is 11.5. The number of likely N-dealkylation sites (tertiary alicyclic amines) is 1. The molecule has 3 heterocycles. The lowest BCUT2D eigenvalue weighted by Crippen LogP contribution is -2.21. The van der Waals surface area contributed by atoms with Crippen molar-refractivity contribution in [2.45, 2.75) is 19.3 Å². The van der Waals surface area contributed by atoms with Crippen molar-refractivity contribution in [1.29, 1.82) is 0 Å². The standard InChI is InChI=1S/C34H32FN5O5S/c1-43-30-19-24-27(20-31(30)44-17-7-16-39-14-5-6-15-39)36-13-12-28(24)45-29-11-10-22(18-26(29)35)37-21-25-32(41)38-34(46)40(33(25)42)23-8-3-2-4-9-23/h2-4,8-13,18-21,42H,5-7,14-17H2,1H3,(H,38,41,46). The van der Waals surface area contributed by atoms with Crippen LogP contribution in [-0.2, 0) is 0 Å². The summed E-state index contributed by atoms with van der Waals surface area (Å²) in [5.41, 5.74) is 0.601. The van der Waals surface area contributed by atoms with Crippen LogP contribution in [-0.4, -0.2) is 64.1 Å². The Morgan fingerprint density at radius 2 is 1.85 bits per heavy atom. The van der Waals surface area contributed by atoms with Gasteiger partial charge in [-0.3, -0.25) is 24.3 Å². The van der Waals surface area contributed by atoms with Crippen LogP contribution >= 0.6 is 12.2 Å². The number of nitrogens with one attached hydrogen (secondary N) is 1. The minimum Gasteiger partial charge on any atom is -0.494 e. The molecular formula is C34H32FN5O5S. The average Bonchev–Trinajstić information content (AvgIpc) is 3.58. The topological polar surface area (TPSA) is 114 Å². The molecule has 3 aromatic carbocycles. The van der Waals surface area contributed by atoms with Crippen molar-refractivity contribution in [1.82, 2.24) is 19.4 Å². The van der Waals surface area contributed by atoms with E-state index >= 15 is 4.39 Å². The molecule has 0 aliphatic carbocycles. The lowest BCUT2D eigenvalue weighted by atomic mass is 10.1. The smallest absolute Gasteiger partial charge is 0.264 e. The van der Waals surface area contributed by atoms with Crippen LogP contribution in [0.4, 0.5) is 10.1 Å². The first-order valence-corrected chi connectivity index (χ1v) is 15.3. The third kappa shape index (κ3) is 6.77. The fourth-order valence-electron chi connectivity index (χ4n) is 5.35.